The van der Waals surface area contributed by atoms with E-state index in [2.05, 4.69) is 74.6 Å². The van der Waals surface area contributed by atoms with E-state index in [-0.39, 0.29) is 40.2 Å². The van der Waals surface area contributed by atoms with Gasteiger partial charge >= 0.3 is 11.9 Å². The summed E-state index contributed by atoms with van der Waals surface area (Å²) in [6.45, 7) is 25.4. The maximum atomic E-state index is 12.2. The summed E-state index contributed by atoms with van der Waals surface area (Å²) in [5, 5.41) is 12.6. The van der Waals surface area contributed by atoms with Gasteiger partial charge in [-0.3, -0.25) is 14.5 Å². The van der Waals surface area contributed by atoms with Crippen molar-refractivity contribution in [1.29, 1.82) is 0 Å². The van der Waals surface area contributed by atoms with Crippen molar-refractivity contribution >= 4 is 11.9 Å². The molecule has 0 saturated heterocycles. The summed E-state index contributed by atoms with van der Waals surface area (Å²) in [5.74, 6) is -0.399. The van der Waals surface area contributed by atoms with Crippen molar-refractivity contribution in [1.82, 2.24) is 10.2 Å². The smallest absolute Gasteiger partial charge is 0.307 e. The van der Waals surface area contributed by atoms with Gasteiger partial charge in [-0.1, -0.05) is 69.2 Å². The Labute approximate surface area is 215 Å². The van der Waals surface area contributed by atoms with E-state index in [0.717, 1.165) is 12.8 Å². The summed E-state index contributed by atoms with van der Waals surface area (Å²) in [7, 11) is 0. The third kappa shape index (κ3) is 20.7. The number of nitrogens with zero attached hydrogens (tertiary/aromatic N) is 1. The van der Waals surface area contributed by atoms with Gasteiger partial charge in [0.2, 0.25) is 0 Å². The van der Waals surface area contributed by atoms with Crippen LogP contribution in [0.1, 0.15) is 94.9 Å². The number of hydrogen-bond donors (Lipinski definition) is 2. The largest absolute Gasteiger partial charge is 0.465 e. The second kappa shape index (κ2) is 15.2. The molecule has 0 aromatic heterocycles. The molecule has 0 aromatic carbocycles. The highest BCUT2D eigenvalue weighted by molar-refractivity contribution is 5.69. The lowest BCUT2D eigenvalue weighted by molar-refractivity contribution is -0.148. The molecule has 0 heterocycles. The van der Waals surface area contributed by atoms with Crippen LogP contribution in [0.15, 0.2) is 0 Å². The fourth-order valence-electron chi connectivity index (χ4n) is 4.95. The predicted octanol–water partition coefficient (Wildman–Crippen LogP) is 4.66. The van der Waals surface area contributed by atoms with E-state index in [1.54, 1.807) is 0 Å². The summed E-state index contributed by atoms with van der Waals surface area (Å²) in [6, 6.07) is 0. The molecule has 7 heteroatoms. The first-order chi connectivity index (χ1) is 15.8. The molecule has 0 aliphatic carbocycles. The molecule has 0 spiro atoms. The van der Waals surface area contributed by atoms with Gasteiger partial charge in [0.15, 0.2) is 0 Å². The van der Waals surface area contributed by atoms with Crippen LogP contribution in [-0.2, 0) is 19.1 Å². The van der Waals surface area contributed by atoms with Crippen LogP contribution in [-0.4, -0.2) is 74.5 Å². The van der Waals surface area contributed by atoms with Gasteiger partial charge in [0.05, 0.1) is 32.7 Å². The van der Waals surface area contributed by atoms with Crippen molar-refractivity contribution < 1.29 is 24.2 Å². The molecule has 0 aromatic rings. The van der Waals surface area contributed by atoms with Crippen molar-refractivity contribution in [3.63, 3.8) is 0 Å². The van der Waals surface area contributed by atoms with Gasteiger partial charge in [-0.25, -0.2) is 0 Å². The third-order valence-electron chi connectivity index (χ3n) is 5.42. The van der Waals surface area contributed by atoms with Gasteiger partial charge in [0, 0.05) is 32.7 Å². The van der Waals surface area contributed by atoms with Crippen LogP contribution in [0, 0.1) is 21.7 Å². The van der Waals surface area contributed by atoms with Gasteiger partial charge in [0.25, 0.3) is 0 Å². The highest BCUT2D eigenvalue weighted by Crippen LogP contribution is 2.34. The van der Waals surface area contributed by atoms with Crippen LogP contribution in [0.2, 0.25) is 0 Å². The SMILES string of the molecule is CC(C)(C)CC(C)(C)COC(=O)CCNCCN(CCO)CCC(=O)OCC(C)(C)CC(C)(C)C. The number of rotatable bonds is 17. The average molecular weight is 501 g/mol. The second-order valence-corrected chi connectivity index (χ2v) is 13.9. The topological polar surface area (TPSA) is 88.1 Å². The number of carbonyl (C=O) groups excluding carboxylic acids is 2. The number of carbonyl (C=O) groups is 2. The highest BCUT2D eigenvalue weighted by atomic mass is 16.5. The fourth-order valence-corrected chi connectivity index (χ4v) is 4.95. The monoisotopic (exact) mass is 500 g/mol. The summed E-state index contributed by atoms with van der Waals surface area (Å²) in [6.07, 6.45) is 2.57. The molecule has 0 amide bonds. The Morgan fingerprint density at radius 3 is 1.57 bits per heavy atom. The van der Waals surface area contributed by atoms with Gasteiger partial charge in [-0.15, -0.1) is 0 Å². The number of esters is 2. The molecule has 0 bridgehead atoms. The minimum absolute atomic E-state index is 0.0321. The first-order valence-corrected chi connectivity index (χ1v) is 13.2. The molecule has 0 atom stereocenters. The van der Waals surface area contributed by atoms with Crippen LogP contribution >= 0.6 is 0 Å². The van der Waals surface area contributed by atoms with Crippen molar-refractivity contribution in [2.24, 2.45) is 21.7 Å². The molecule has 0 fully saturated rings. The summed E-state index contributed by atoms with van der Waals surface area (Å²) in [5.41, 5.74) is 0.264. The van der Waals surface area contributed by atoms with E-state index in [1.807, 2.05) is 4.90 Å². The Bertz CT molecular complexity index is 618. The van der Waals surface area contributed by atoms with Gasteiger partial charge in [-0.2, -0.15) is 0 Å². The second-order valence-electron chi connectivity index (χ2n) is 13.9. The van der Waals surface area contributed by atoms with E-state index >= 15 is 0 Å². The lowest BCUT2D eigenvalue weighted by atomic mass is 9.77. The van der Waals surface area contributed by atoms with Gasteiger partial charge in [0.1, 0.15) is 0 Å². The lowest BCUT2D eigenvalue weighted by Crippen LogP contribution is -2.36. The molecule has 2 N–H and O–H groups in total. The summed E-state index contributed by atoms with van der Waals surface area (Å²) < 4.78 is 11.0. The van der Waals surface area contributed by atoms with Crippen molar-refractivity contribution in [2.45, 2.75) is 94.9 Å². The average Bonchev–Trinajstić information content (AvgIpc) is 2.65. The third-order valence-corrected chi connectivity index (χ3v) is 5.42. The minimum atomic E-state index is -0.208. The standard InChI is InChI=1S/C28H56N2O5/c1-25(2,3)19-27(7,8)21-34-23(32)11-13-29-14-16-30(17-18-31)15-12-24(33)35-22-28(9,10)20-26(4,5)6/h29,31H,11-22H2,1-10H3. The number of hydrogen-bond acceptors (Lipinski definition) is 7. The first-order valence-electron chi connectivity index (χ1n) is 13.2. The predicted molar refractivity (Wildman–Crippen MR) is 143 cm³/mol. The van der Waals surface area contributed by atoms with E-state index in [4.69, 9.17) is 9.47 Å². The molecule has 35 heavy (non-hydrogen) atoms. The Hall–Kier alpha value is -1.18. The zero-order valence-electron chi connectivity index (χ0n) is 24.5. The van der Waals surface area contributed by atoms with Crippen LogP contribution in [0.3, 0.4) is 0 Å². The molecule has 0 aliphatic heterocycles. The first kappa shape index (κ1) is 33.8. The zero-order valence-corrected chi connectivity index (χ0v) is 24.5. The Morgan fingerprint density at radius 1 is 0.686 bits per heavy atom. The van der Waals surface area contributed by atoms with Gasteiger partial charge < -0.3 is 19.9 Å². The Morgan fingerprint density at radius 2 is 1.14 bits per heavy atom. The van der Waals surface area contributed by atoms with Crippen LogP contribution in [0.25, 0.3) is 0 Å². The summed E-state index contributed by atoms with van der Waals surface area (Å²) >= 11 is 0. The van der Waals surface area contributed by atoms with Crippen molar-refractivity contribution in [3.05, 3.63) is 0 Å². The molecule has 0 rings (SSSR count). The molecule has 0 unspecified atom stereocenters. The van der Waals surface area contributed by atoms with Crippen molar-refractivity contribution in [2.75, 3.05) is 52.5 Å². The Kier molecular flexibility index (Phi) is 14.6. The maximum absolute atomic E-state index is 12.2. The lowest BCUT2D eigenvalue weighted by Gasteiger charge is -2.32. The van der Waals surface area contributed by atoms with Crippen LogP contribution in [0.4, 0.5) is 0 Å². The number of aliphatic hydroxyl groups excluding tert-OH is 1. The van der Waals surface area contributed by atoms with Crippen LogP contribution < -0.4 is 5.32 Å². The van der Waals surface area contributed by atoms with E-state index in [0.29, 0.717) is 58.8 Å². The van der Waals surface area contributed by atoms with E-state index in [1.165, 1.54) is 0 Å². The molecular weight excluding hydrogens is 444 g/mol. The number of ether oxygens (including phenoxy) is 2. The van der Waals surface area contributed by atoms with E-state index in [9.17, 15) is 14.7 Å². The highest BCUT2D eigenvalue weighted by Gasteiger charge is 2.28. The van der Waals surface area contributed by atoms with E-state index < -0.39 is 0 Å². The Balaban J connectivity index is 4.18. The molecule has 0 saturated carbocycles. The number of aliphatic hydroxyl groups is 1. The molecule has 0 radical (unpaired) electrons. The van der Waals surface area contributed by atoms with Crippen molar-refractivity contribution in [3.8, 4) is 0 Å². The van der Waals surface area contributed by atoms with Crippen LogP contribution in [0.5, 0.6) is 0 Å². The quantitative estimate of drug-likeness (QED) is 0.222. The zero-order chi connectivity index (χ0) is 27.3. The van der Waals surface area contributed by atoms with Gasteiger partial charge in [-0.05, 0) is 34.5 Å². The normalized spacial score (nSPS) is 13.3. The summed E-state index contributed by atoms with van der Waals surface area (Å²) in [4.78, 5) is 26.4. The maximum Gasteiger partial charge on any atom is 0.307 e. The molecule has 208 valence electrons. The molecule has 0 aliphatic rings. The molecular formula is C28H56N2O5. The molecule has 7 nitrogen and oxygen atoms in total. The fraction of sp³-hybridized carbons (Fsp3) is 0.929. The number of nitrogens with one attached hydrogen (secondary N) is 1. The minimum Gasteiger partial charge on any atom is -0.465 e.